The van der Waals surface area contributed by atoms with E-state index in [1.165, 1.54) is 11.3 Å². The third kappa shape index (κ3) is 5.96. The fourth-order valence-corrected chi connectivity index (χ4v) is 4.16. The minimum Gasteiger partial charge on any atom is -0.212 e. The predicted octanol–water partition coefficient (Wildman–Crippen LogP) is 3.68. The Balaban J connectivity index is 2.11. The number of rotatable bonds is 7. The summed E-state index contributed by atoms with van der Waals surface area (Å²) < 4.78 is 63.4. The van der Waals surface area contributed by atoms with Crippen LogP contribution in [0.3, 0.4) is 0 Å². The molecule has 0 fully saturated rings. The molecule has 0 spiro atoms. The molecule has 2 aromatic rings. The fraction of sp³-hybridized carbons (Fsp3) is 0.333. The van der Waals surface area contributed by atoms with Crippen molar-refractivity contribution in [2.75, 3.05) is 12.3 Å². The molecule has 0 aliphatic heterocycles. The van der Waals surface area contributed by atoms with Gasteiger partial charge in [-0.2, -0.15) is 28.8 Å². The average Bonchev–Trinajstić information content (AvgIpc) is 2.97. The van der Waals surface area contributed by atoms with Crippen LogP contribution in [0, 0.1) is 0 Å². The van der Waals surface area contributed by atoms with Crippen LogP contribution in [0.2, 0.25) is 0 Å². The van der Waals surface area contributed by atoms with Crippen molar-refractivity contribution in [1.82, 2.24) is 4.31 Å². The fourth-order valence-electron chi connectivity index (χ4n) is 2.06. The first-order valence-corrected chi connectivity index (χ1v) is 9.41. The quantitative estimate of drug-likeness (QED) is 0.752. The minimum absolute atomic E-state index is 0.182. The molecule has 0 aliphatic rings. The first kappa shape index (κ1) is 18.0. The van der Waals surface area contributed by atoms with Crippen LogP contribution < -0.4 is 0 Å². The van der Waals surface area contributed by atoms with Crippen LogP contribution >= 0.6 is 11.3 Å². The van der Waals surface area contributed by atoms with Gasteiger partial charge in [-0.3, -0.25) is 0 Å². The van der Waals surface area contributed by atoms with E-state index in [4.69, 9.17) is 0 Å². The molecule has 23 heavy (non-hydrogen) atoms. The second-order valence-electron chi connectivity index (χ2n) is 5.07. The second-order valence-corrected chi connectivity index (χ2v) is 7.93. The number of thiophene rings is 1. The Morgan fingerprint density at radius 1 is 1.04 bits per heavy atom. The molecule has 8 heteroatoms. The number of benzene rings is 1. The Labute approximate surface area is 137 Å². The normalized spacial score (nSPS) is 12.7. The molecule has 3 nitrogen and oxygen atoms in total. The molecule has 0 saturated heterocycles. The van der Waals surface area contributed by atoms with Gasteiger partial charge in [0.2, 0.25) is 10.0 Å². The number of sulfonamides is 1. The van der Waals surface area contributed by atoms with Crippen molar-refractivity contribution >= 4 is 21.4 Å². The summed E-state index contributed by atoms with van der Waals surface area (Å²) in [7, 11) is -4.01. The third-order valence-electron chi connectivity index (χ3n) is 3.18. The van der Waals surface area contributed by atoms with E-state index in [9.17, 15) is 21.6 Å². The van der Waals surface area contributed by atoms with Gasteiger partial charge in [0.15, 0.2) is 0 Å². The molecule has 0 N–H and O–H groups in total. The van der Waals surface area contributed by atoms with E-state index in [1.54, 1.807) is 47.2 Å². The van der Waals surface area contributed by atoms with Crippen molar-refractivity contribution < 1.29 is 21.6 Å². The smallest absolute Gasteiger partial charge is 0.212 e. The molecule has 1 aromatic heterocycles. The van der Waals surface area contributed by atoms with E-state index in [0.717, 1.165) is 5.56 Å². The highest BCUT2D eigenvalue weighted by molar-refractivity contribution is 7.89. The zero-order valence-electron chi connectivity index (χ0n) is 12.2. The van der Waals surface area contributed by atoms with Gasteiger partial charge < -0.3 is 0 Å². The molecule has 1 aromatic carbocycles. The maximum atomic E-state index is 12.7. The summed E-state index contributed by atoms with van der Waals surface area (Å²) >= 11 is 1.32. The number of hydrogen-bond donors (Lipinski definition) is 0. The lowest BCUT2D eigenvalue weighted by Gasteiger charge is -2.23. The van der Waals surface area contributed by atoms with Crippen molar-refractivity contribution in [3.63, 3.8) is 0 Å². The van der Waals surface area contributed by atoms with E-state index < -0.39 is 22.7 Å². The molecule has 126 valence electrons. The van der Waals surface area contributed by atoms with Crippen LogP contribution in [0.25, 0.3) is 0 Å². The molecular formula is C15H16F3NO2S2. The van der Waals surface area contributed by atoms with Crippen molar-refractivity contribution in [3.05, 3.63) is 58.3 Å². The number of aryl methyl sites for hydroxylation is 1. The highest BCUT2D eigenvalue weighted by Crippen LogP contribution is 2.22. The van der Waals surface area contributed by atoms with Gasteiger partial charge in [0, 0.05) is 6.54 Å². The summed E-state index contributed by atoms with van der Waals surface area (Å²) in [5.41, 5.74) is 1.33. The monoisotopic (exact) mass is 363 g/mol. The van der Waals surface area contributed by atoms with Crippen molar-refractivity contribution in [2.45, 2.75) is 19.1 Å². The summed E-state index contributed by atoms with van der Waals surface area (Å²) in [4.78, 5) is 0. The molecule has 0 aliphatic carbocycles. The summed E-state index contributed by atoms with van der Waals surface area (Å²) in [5, 5.41) is 3.35. The first-order valence-electron chi connectivity index (χ1n) is 6.86. The van der Waals surface area contributed by atoms with E-state index in [1.807, 2.05) is 0 Å². The lowest BCUT2D eigenvalue weighted by atomic mass is 10.2. The summed E-state index contributed by atoms with van der Waals surface area (Å²) in [5.74, 6) is -0.350. The highest BCUT2D eigenvalue weighted by atomic mass is 32.2. The highest BCUT2D eigenvalue weighted by Gasteiger charge is 2.36. The minimum atomic E-state index is -4.57. The van der Waals surface area contributed by atoms with E-state index in [-0.39, 0.29) is 18.7 Å². The molecular weight excluding hydrogens is 347 g/mol. The van der Waals surface area contributed by atoms with Gasteiger partial charge in [-0.25, -0.2) is 8.42 Å². The van der Waals surface area contributed by atoms with E-state index in [0.29, 0.717) is 9.87 Å². The molecule has 0 atom stereocenters. The van der Waals surface area contributed by atoms with Crippen LogP contribution in [0.4, 0.5) is 13.2 Å². The maximum absolute atomic E-state index is 12.7. The third-order valence-corrected chi connectivity index (χ3v) is 5.68. The van der Waals surface area contributed by atoms with Gasteiger partial charge >= 0.3 is 6.18 Å². The Morgan fingerprint density at radius 3 is 2.30 bits per heavy atom. The Kier molecular flexibility index (Phi) is 5.83. The van der Waals surface area contributed by atoms with Gasteiger partial charge in [0.25, 0.3) is 0 Å². The SMILES string of the molecule is O=S(=O)(CCc1ccccc1)N(Cc1ccsc1)CC(F)(F)F. The predicted molar refractivity (Wildman–Crippen MR) is 84.7 cm³/mol. The largest absolute Gasteiger partial charge is 0.402 e. The van der Waals surface area contributed by atoms with Crippen LogP contribution in [0.5, 0.6) is 0 Å². The van der Waals surface area contributed by atoms with Gasteiger partial charge in [0.1, 0.15) is 6.54 Å². The second kappa shape index (κ2) is 7.46. The molecule has 0 bridgehead atoms. The molecule has 0 radical (unpaired) electrons. The number of hydrogen-bond acceptors (Lipinski definition) is 3. The Bertz CT molecular complexity index is 698. The summed E-state index contributed by atoms with van der Waals surface area (Å²) in [6.07, 6.45) is -4.39. The van der Waals surface area contributed by atoms with E-state index >= 15 is 0 Å². The topological polar surface area (TPSA) is 37.4 Å². The van der Waals surface area contributed by atoms with E-state index in [2.05, 4.69) is 0 Å². The Hall–Kier alpha value is -1.38. The van der Waals surface area contributed by atoms with Crippen LogP contribution in [0.15, 0.2) is 47.2 Å². The molecule has 2 rings (SSSR count). The van der Waals surface area contributed by atoms with Gasteiger partial charge in [-0.1, -0.05) is 30.3 Å². The van der Waals surface area contributed by atoms with Gasteiger partial charge in [-0.15, -0.1) is 0 Å². The molecule has 0 unspecified atom stereocenters. The average molecular weight is 363 g/mol. The number of alkyl halides is 3. The summed E-state index contributed by atoms with van der Waals surface area (Å²) in [6, 6.07) is 10.5. The zero-order chi connectivity index (χ0) is 16.9. The molecule has 0 saturated carbocycles. The lowest BCUT2D eigenvalue weighted by Crippen LogP contribution is -2.40. The lowest BCUT2D eigenvalue weighted by molar-refractivity contribution is -0.136. The van der Waals surface area contributed by atoms with Gasteiger partial charge in [-0.05, 0) is 34.4 Å². The van der Waals surface area contributed by atoms with Crippen molar-refractivity contribution in [1.29, 1.82) is 0 Å². The van der Waals surface area contributed by atoms with Crippen molar-refractivity contribution in [3.8, 4) is 0 Å². The standard InChI is InChI=1S/C15H16F3NO2S2/c16-15(17,18)12-19(10-14-6-8-22-11-14)23(20,21)9-7-13-4-2-1-3-5-13/h1-6,8,11H,7,9-10,12H2. The van der Waals surface area contributed by atoms with Crippen LogP contribution in [-0.2, 0) is 23.0 Å². The molecule has 1 heterocycles. The molecule has 0 amide bonds. The number of halogens is 3. The Morgan fingerprint density at radius 2 is 1.74 bits per heavy atom. The number of nitrogens with zero attached hydrogens (tertiary/aromatic N) is 1. The first-order chi connectivity index (χ1) is 10.8. The van der Waals surface area contributed by atoms with Crippen LogP contribution in [0.1, 0.15) is 11.1 Å². The maximum Gasteiger partial charge on any atom is 0.402 e. The summed E-state index contributed by atoms with van der Waals surface area (Å²) in [6.45, 7) is -1.74. The van der Waals surface area contributed by atoms with Crippen molar-refractivity contribution in [2.24, 2.45) is 0 Å². The zero-order valence-corrected chi connectivity index (χ0v) is 13.8. The van der Waals surface area contributed by atoms with Gasteiger partial charge in [0.05, 0.1) is 5.75 Å². The van der Waals surface area contributed by atoms with Crippen LogP contribution in [-0.4, -0.2) is 31.2 Å².